The Morgan fingerprint density at radius 1 is 1.50 bits per heavy atom. The minimum absolute atomic E-state index is 0.147. The van der Waals surface area contributed by atoms with Gasteiger partial charge in [0.15, 0.2) is 9.84 Å². The van der Waals surface area contributed by atoms with Crippen LogP contribution in [-0.4, -0.2) is 37.8 Å². The highest BCUT2D eigenvalue weighted by Crippen LogP contribution is 2.01. The molecule has 0 saturated carbocycles. The van der Waals surface area contributed by atoms with E-state index in [4.69, 9.17) is 11.6 Å². The average Bonchev–Trinajstić information content (AvgIpc) is 2.10. The molecule has 14 heavy (non-hydrogen) atoms. The fraction of sp³-hybridized carbons (Fsp3) is 0.875. The molecular weight excluding hydrogens is 226 g/mol. The number of hydrogen-bond acceptors (Lipinski definition) is 3. The monoisotopic (exact) mass is 241 g/mol. The summed E-state index contributed by atoms with van der Waals surface area (Å²) in [6.45, 7) is 3.56. The molecule has 0 aliphatic heterocycles. The smallest absolute Gasteiger partial charge is 0.238 e. The summed E-state index contributed by atoms with van der Waals surface area (Å²) in [6.07, 6.45) is 1.77. The van der Waals surface area contributed by atoms with E-state index >= 15 is 0 Å². The molecule has 2 unspecified atom stereocenters. The second kappa shape index (κ2) is 5.56. The van der Waals surface area contributed by atoms with E-state index in [-0.39, 0.29) is 5.38 Å². The lowest BCUT2D eigenvalue weighted by molar-refractivity contribution is -0.120. The molecule has 0 aliphatic rings. The summed E-state index contributed by atoms with van der Waals surface area (Å²) < 4.78 is 22.0. The zero-order chi connectivity index (χ0) is 11.4. The largest absolute Gasteiger partial charge is 0.354 e. The number of halogens is 1. The molecule has 6 heteroatoms. The number of carbonyl (C=O) groups excluding carboxylic acids is 1. The molecule has 0 heterocycles. The number of alkyl halides is 1. The van der Waals surface area contributed by atoms with Crippen LogP contribution in [0.25, 0.3) is 0 Å². The number of amides is 1. The molecule has 0 rings (SSSR count). The minimum atomic E-state index is -3.31. The molecule has 1 N–H and O–H groups in total. The molecule has 0 aromatic rings. The zero-order valence-electron chi connectivity index (χ0n) is 8.58. The van der Waals surface area contributed by atoms with Crippen molar-refractivity contribution in [2.75, 3.05) is 12.8 Å². The molecular formula is C8H16ClNO3S. The van der Waals surface area contributed by atoms with Gasteiger partial charge in [-0.1, -0.05) is 6.92 Å². The lowest BCUT2D eigenvalue weighted by Gasteiger charge is -2.12. The van der Waals surface area contributed by atoms with Crippen LogP contribution < -0.4 is 5.32 Å². The van der Waals surface area contributed by atoms with Gasteiger partial charge in [0, 0.05) is 12.8 Å². The average molecular weight is 242 g/mol. The van der Waals surface area contributed by atoms with E-state index in [1.165, 1.54) is 6.92 Å². The molecule has 0 aromatic carbocycles. The van der Waals surface area contributed by atoms with Gasteiger partial charge >= 0.3 is 0 Å². The lowest BCUT2D eigenvalue weighted by atomic mass is 10.3. The fourth-order valence-electron chi connectivity index (χ4n) is 0.694. The third kappa shape index (κ3) is 4.81. The Labute approximate surface area is 89.9 Å². The zero-order valence-corrected chi connectivity index (χ0v) is 10.2. The molecule has 0 aliphatic carbocycles. The molecule has 0 fully saturated rings. The van der Waals surface area contributed by atoms with Gasteiger partial charge < -0.3 is 5.32 Å². The highest BCUT2D eigenvalue weighted by atomic mass is 35.5. The van der Waals surface area contributed by atoms with Crippen LogP contribution in [0.4, 0.5) is 0 Å². The van der Waals surface area contributed by atoms with Crippen molar-refractivity contribution >= 4 is 27.3 Å². The van der Waals surface area contributed by atoms with Gasteiger partial charge in [0.25, 0.3) is 0 Å². The third-order valence-corrected chi connectivity index (χ3v) is 3.91. The van der Waals surface area contributed by atoms with E-state index in [1.807, 2.05) is 6.92 Å². The van der Waals surface area contributed by atoms with Crippen LogP contribution in [0.2, 0.25) is 0 Å². The maximum Gasteiger partial charge on any atom is 0.238 e. The molecule has 2 atom stereocenters. The Morgan fingerprint density at radius 2 is 2.00 bits per heavy atom. The van der Waals surface area contributed by atoms with Crippen LogP contribution in [0.3, 0.4) is 0 Å². The highest BCUT2D eigenvalue weighted by Gasteiger charge is 2.23. The van der Waals surface area contributed by atoms with Crippen LogP contribution >= 0.6 is 11.6 Å². The molecule has 0 saturated heterocycles. The minimum Gasteiger partial charge on any atom is -0.354 e. The van der Waals surface area contributed by atoms with Gasteiger partial charge in [-0.15, -0.1) is 11.6 Å². The maximum atomic E-state index is 11.3. The fourth-order valence-corrected chi connectivity index (χ4v) is 1.24. The van der Waals surface area contributed by atoms with Gasteiger partial charge in [-0.05, 0) is 13.3 Å². The Morgan fingerprint density at radius 3 is 2.36 bits per heavy atom. The number of nitrogens with one attached hydrogen (secondary N) is 1. The van der Waals surface area contributed by atoms with Crippen molar-refractivity contribution in [3.05, 3.63) is 0 Å². The first kappa shape index (κ1) is 13.7. The van der Waals surface area contributed by atoms with Crippen molar-refractivity contribution in [2.24, 2.45) is 0 Å². The van der Waals surface area contributed by atoms with Gasteiger partial charge in [-0.2, -0.15) is 0 Å². The van der Waals surface area contributed by atoms with E-state index in [2.05, 4.69) is 5.32 Å². The Balaban J connectivity index is 4.11. The Bertz CT molecular complexity index is 289. The first-order chi connectivity index (χ1) is 6.29. The first-order valence-electron chi connectivity index (χ1n) is 4.39. The molecule has 0 radical (unpaired) electrons. The summed E-state index contributed by atoms with van der Waals surface area (Å²) in [5.41, 5.74) is 0. The summed E-state index contributed by atoms with van der Waals surface area (Å²) in [5.74, 6) is -0.494. The summed E-state index contributed by atoms with van der Waals surface area (Å²) in [7, 11) is -3.31. The Kier molecular flexibility index (Phi) is 5.44. The van der Waals surface area contributed by atoms with E-state index in [0.717, 1.165) is 12.7 Å². The summed E-state index contributed by atoms with van der Waals surface area (Å²) >= 11 is 5.76. The van der Waals surface area contributed by atoms with Crippen molar-refractivity contribution in [3.63, 3.8) is 0 Å². The van der Waals surface area contributed by atoms with E-state index in [0.29, 0.717) is 6.54 Å². The van der Waals surface area contributed by atoms with Gasteiger partial charge in [0.05, 0.1) is 5.38 Å². The van der Waals surface area contributed by atoms with Crippen molar-refractivity contribution in [1.29, 1.82) is 0 Å². The van der Waals surface area contributed by atoms with Crippen molar-refractivity contribution in [3.8, 4) is 0 Å². The first-order valence-corrected chi connectivity index (χ1v) is 6.78. The summed E-state index contributed by atoms with van der Waals surface area (Å²) in [6, 6.07) is 0. The number of rotatable bonds is 5. The highest BCUT2D eigenvalue weighted by molar-refractivity contribution is 7.92. The van der Waals surface area contributed by atoms with Gasteiger partial charge in [-0.25, -0.2) is 8.42 Å². The van der Waals surface area contributed by atoms with Gasteiger partial charge in [-0.3, -0.25) is 4.79 Å². The van der Waals surface area contributed by atoms with Crippen LogP contribution in [-0.2, 0) is 14.6 Å². The topological polar surface area (TPSA) is 63.2 Å². The van der Waals surface area contributed by atoms with Crippen LogP contribution in [0, 0.1) is 0 Å². The van der Waals surface area contributed by atoms with Crippen LogP contribution in [0.15, 0.2) is 0 Å². The molecule has 0 aromatic heterocycles. The molecule has 1 amide bonds. The standard InChI is InChI=1S/C8H16ClNO3S/c1-4-7(9)5-10-8(11)6(2)14(3,12)13/h6-7H,4-5H2,1-3H3,(H,10,11). The van der Waals surface area contributed by atoms with E-state index in [1.54, 1.807) is 0 Å². The van der Waals surface area contributed by atoms with Crippen LogP contribution in [0.5, 0.6) is 0 Å². The summed E-state index contributed by atoms with van der Waals surface area (Å²) in [4.78, 5) is 11.3. The molecule has 0 spiro atoms. The van der Waals surface area contributed by atoms with E-state index in [9.17, 15) is 13.2 Å². The third-order valence-electron chi connectivity index (χ3n) is 1.95. The van der Waals surface area contributed by atoms with E-state index < -0.39 is 21.0 Å². The van der Waals surface area contributed by atoms with Crippen molar-refractivity contribution in [2.45, 2.75) is 30.9 Å². The number of carbonyl (C=O) groups is 1. The number of sulfone groups is 1. The van der Waals surface area contributed by atoms with Crippen LogP contribution in [0.1, 0.15) is 20.3 Å². The van der Waals surface area contributed by atoms with Crippen molar-refractivity contribution < 1.29 is 13.2 Å². The van der Waals surface area contributed by atoms with Gasteiger partial charge in [0.2, 0.25) is 5.91 Å². The molecule has 84 valence electrons. The predicted molar refractivity (Wildman–Crippen MR) is 57.2 cm³/mol. The number of hydrogen-bond donors (Lipinski definition) is 1. The molecule has 0 bridgehead atoms. The SMILES string of the molecule is CCC(Cl)CNC(=O)C(C)S(C)(=O)=O. The predicted octanol–water partition coefficient (Wildman–Crippen LogP) is 0.553. The second-order valence-electron chi connectivity index (χ2n) is 3.22. The normalized spacial score (nSPS) is 16.0. The Hall–Kier alpha value is -0.290. The molecule has 4 nitrogen and oxygen atoms in total. The van der Waals surface area contributed by atoms with Crippen molar-refractivity contribution in [1.82, 2.24) is 5.32 Å². The quantitative estimate of drug-likeness (QED) is 0.716. The summed E-state index contributed by atoms with van der Waals surface area (Å²) in [5, 5.41) is 1.33. The second-order valence-corrected chi connectivity index (χ2v) is 6.21. The lowest BCUT2D eigenvalue weighted by Crippen LogP contribution is -2.39. The maximum absolute atomic E-state index is 11.3. The van der Waals surface area contributed by atoms with Gasteiger partial charge in [0.1, 0.15) is 5.25 Å².